The third-order valence-electron chi connectivity index (χ3n) is 4.41. The van der Waals surface area contributed by atoms with Crippen molar-refractivity contribution in [2.24, 2.45) is 0 Å². The summed E-state index contributed by atoms with van der Waals surface area (Å²) in [4.78, 5) is 12.6. The summed E-state index contributed by atoms with van der Waals surface area (Å²) >= 11 is 0. The summed E-state index contributed by atoms with van der Waals surface area (Å²) < 4.78 is 12.0. The van der Waals surface area contributed by atoms with Crippen molar-refractivity contribution < 1.29 is 9.47 Å². The summed E-state index contributed by atoms with van der Waals surface area (Å²) in [6, 6.07) is 8.11. The van der Waals surface area contributed by atoms with Crippen LogP contribution in [-0.4, -0.2) is 28.2 Å². The van der Waals surface area contributed by atoms with Crippen LogP contribution in [0.3, 0.4) is 0 Å². The summed E-state index contributed by atoms with van der Waals surface area (Å²) in [6.07, 6.45) is 2.20. The molecule has 1 aromatic carbocycles. The number of anilines is 2. The van der Waals surface area contributed by atoms with Gasteiger partial charge >= 0.3 is 0 Å². The molecule has 2 aromatic heterocycles. The summed E-state index contributed by atoms with van der Waals surface area (Å²) in [7, 11) is 0. The molecule has 0 atom stereocenters. The van der Waals surface area contributed by atoms with Crippen LogP contribution in [0, 0.1) is 13.8 Å². The maximum atomic E-state index is 6.02. The molecule has 0 radical (unpaired) electrons. The molecule has 0 bridgehead atoms. The number of nitrogens with zero attached hydrogens (tertiary/aromatic N) is 3. The Balaban J connectivity index is 2.13. The molecular weight excluding hydrogens is 366 g/mol. The van der Waals surface area contributed by atoms with E-state index in [0.29, 0.717) is 25.5 Å². The molecule has 2 heterocycles. The largest absolute Gasteiger partial charge is 0.493 e. The van der Waals surface area contributed by atoms with Gasteiger partial charge in [0.25, 0.3) is 0 Å². The second-order valence-electron chi connectivity index (χ2n) is 6.79. The lowest BCUT2D eigenvalue weighted by molar-refractivity contribution is 0.325. The average Bonchev–Trinajstić information content (AvgIpc) is 2.64. The van der Waals surface area contributed by atoms with Gasteiger partial charge in [-0.3, -0.25) is 4.98 Å². The van der Waals surface area contributed by atoms with E-state index in [1.165, 1.54) is 0 Å². The fourth-order valence-corrected chi connectivity index (χ4v) is 3.34. The van der Waals surface area contributed by atoms with Gasteiger partial charge in [-0.2, -0.15) is 4.98 Å². The Morgan fingerprint density at radius 1 is 0.862 bits per heavy atom. The zero-order valence-corrected chi connectivity index (χ0v) is 17.3. The monoisotopic (exact) mass is 393 g/mol. The highest BCUT2D eigenvalue weighted by Crippen LogP contribution is 2.41. The summed E-state index contributed by atoms with van der Waals surface area (Å²) in [5, 5.41) is 0. The number of nitrogen functional groups attached to an aromatic ring is 2. The molecule has 29 heavy (non-hydrogen) atoms. The van der Waals surface area contributed by atoms with Crippen LogP contribution in [-0.2, 0) is 6.42 Å². The molecule has 0 fully saturated rings. The number of nitrogens with two attached hydrogens (primary N) is 2. The molecule has 0 unspecified atom stereocenters. The molecule has 152 valence electrons. The number of hydrogen-bond acceptors (Lipinski definition) is 7. The smallest absolute Gasteiger partial charge is 0.221 e. The number of benzene rings is 1. The number of pyridine rings is 1. The third-order valence-corrected chi connectivity index (χ3v) is 4.41. The minimum absolute atomic E-state index is 0.162. The first kappa shape index (κ1) is 20.4. The molecule has 0 aliphatic rings. The highest BCUT2D eigenvalue weighted by Gasteiger charge is 2.17. The zero-order chi connectivity index (χ0) is 21.0. The molecule has 0 spiro atoms. The number of rotatable bonds is 7. The van der Waals surface area contributed by atoms with E-state index in [4.69, 9.17) is 20.9 Å². The van der Waals surface area contributed by atoms with E-state index in [0.717, 1.165) is 45.1 Å². The van der Waals surface area contributed by atoms with Crippen LogP contribution in [0.2, 0.25) is 0 Å². The first-order valence-corrected chi connectivity index (χ1v) is 9.66. The Bertz CT molecular complexity index is 973. The quantitative estimate of drug-likeness (QED) is 0.630. The standard InChI is InChI=1S/C22H27N5O2/c1-5-28-18-10-15(9-17-12-25-22(24)27-21(17)23)11-19(29-6-2)20(18)16-7-13(3)26-14(4)8-16/h7-8,10-12H,5-6,9H2,1-4H3,(H4,23,24,25,27). The Morgan fingerprint density at radius 3 is 1.97 bits per heavy atom. The van der Waals surface area contributed by atoms with Crippen molar-refractivity contribution in [3.8, 4) is 22.6 Å². The molecule has 3 rings (SSSR count). The van der Waals surface area contributed by atoms with Gasteiger partial charge in [-0.05, 0) is 63.1 Å². The SMILES string of the molecule is CCOc1cc(Cc2cnc(N)nc2N)cc(OCC)c1-c1cc(C)nc(C)c1. The van der Waals surface area contributed by atoms with Crippen LogP contribution in [0.4, 0.5) is 11.8 Å². The van der Waals surface area contributed by atoms with Crippen molar-refractivity contribution in [1.82, 2.24) is 15.0 Å². The molecule has 0 aliphatic carbocycles. The Hall–Kier alpha value is -3.35. The van der Waals surface area contributed by atoms with Gasteiger partial charge in [0.1, 0.15) is 17.3 Å². The Labute approximate surface area is 171 Å². The highest BCUT2D eigenvalue weighted by atomic mass is 16.5. The predicted octanol–water partition coefficient (Wildman–Crippen LogP) is 3.71. The fraction of sp³-hybridized carbons (Fsp3) is 0.318. The van der Waals surface area contributed by atoms with E-state index in [-0.39, 0.29) is 5.95 Å². The van der Waals surface area contributed by atoms with E-state index in [1.807, 2.05) is 52.0 Å². The lowest BCUT2D eigenvalue weighted by Gasteiger charge is -2.18. The van der Waals surface area contributed by atoms with Gasteiger partial charge in [0.2, 0.25) is 5.95 Å². The van der Waals surface area contributed by atoms with Crippen LogP contribution in [0.15, 0.2) is 30.5 Å². The molecule has 7 nitrogen and oxygen atoms in total. The minimum atomic E-state index is 0.162. The molecule has 0 saturated heterocycles. The number of ether oxygens (including phenoxy) is 2. The zero-order valence-electron chi connectivity index (χ0n) is 17.3. The number of aryl methyl sites for hydroxylation is 2. The lowest BCUT2D eigenvalue weighted by atomic mass is 9.98. The van der Waals surface area contributed by atoms with E-state index in [1.54, 1.807) is 6.20 Å². The van der Waals surface area contributed by atoms with Crippen LogP contribution >= 0.6 is 0 Å². The highest BCUT2D eigenvalue weighted by molar-refractivity contribution is 5.78. The van der Waals surface area contributed by atoms with Crippen LogP contribution in [0.25, 0.3) is 11.1 Å². The second-order valence-corrected chi connectivity index (χ2v) is 6.79. The first-order chi connectivity index (χ1) is 13.9. The molecule has 3 aromatic rings. The summed E-state index contributed by atoms with van der Waals surface area (Å²) in [5.74, 6) is 2.05. The minimum Gasteiger partial charge on any atom is -0.493 e. The Kier molecular flexibility index (Phi) is 6.16. The Morgan fingerprint density at radius 2 is 1.45 bits per heavy atom. The van der Waals surface area contributed by atoms with Crippen molar-refractivity contribution in [2.45, 2.75) is 34.1 Å². The third kappa shape index (κ3) is 4.74. The van der Waals surface area contributed by atoms with E-state index in [9.17, 15) is 0 Å². The summed E-state index contributed by atoms with van der Waals surface area (Å²) in [5.41, 5.74) is 17.2. The fourth-order valence-electron chi connectivity index (χ4n) is 3.34. The summed E-state index contributed by atoms with van der Waals surface area (Å²) in [6.45, 7) is 8.97. The second kappa shape index (κ2) is 8.77. The molecule has 4 N–H and O–H groups in total. The maximum Gasteiger partial charge on any atom is 0.221 e. The van der Waals surface area contributed by atoms with Gasteiger partial charge in [0.15, 0.2) is 0 Å². The molecule has 0 amide bonds. The topological polar surface area (TPSA) is 109 Å². The van der Waals surface area contributed by atoms with Gasteiger partial charge in [-0.1, -0.05) is 0 Å². The van der Waals surface area contributed by atoms with Gasteiger partial charge < -0.3 is 20.9 Å². The van der Waals surface area contributed by atoms with Crippen LogP contribution < -0.4 is 20.9 Å². The van der Waals surface area contributed by atoms with Crippen molar-refractivity contribution in [1.29, 1.82) is 0 Å². The molecule has 0 aliphatic heterocycles. The first-order valence-electron chi connectivity index (χ1n) is 9.66. The van der Waals surface area contributed by atoms with Crippen molar-refractivity contribution in [3.63, 3.8) is 0 Å². The van der Waals surface area contributed by atoms with Crippen molar-refractivity contribution in [3.05, 3.63) is 53.0 Å². The maximum absolute atomic E-state index is 6.02. The molecular formula is C22H27N5O2. The molecule has 7 heteroatoms. The number of aromatic nitrogens is 3. The predicted molar refractivity (Wildman–Crippen MR) is 115 cm³/mol. The van der Waals surface area contributed by atoms with E-state index in [2.05, 4.69) is 15.0 Å². The van der Waals surface area contributed by atoms with Crippen LogP contribution in [0.1, 0.15) is 36.4 Å². The van der Waals surface area contributed by atoms with Gasteiger partial charge in [0.05, 0.1) is 18.8 Å². The lowest BCUT2D eigenvalue weighted by Crippen LogP contribution is -2.05. The average molecular weight is 393 g/mol. The van der Waals surface area contributed by atoms with Gasteiger partial charge in [0, 0.05) is 29.6 Å². The number of hydrogen-bond donors (Lipinski definition) is 2. The van der Waals surface area contributed by atoms with E-state index >= 15 is 0 Å². The van der Waals surface area contributed by atoms with Gasteiger partial charge in [-0.15, -0.1) is 0 Å². The van der Waals surface area contributed by atoms with Crippen molar-refractivity contribution >= 4 is 11.8 Å². The normalized spacial score (nSPS) is 10.8. The molecule has 0 saturated carbocycles. The van der Waals surface area contributed by atoms with Gasteiger partial charge in [-0.25, -0.2) is 4.98 Å². The van der Waals surface area contributed by atoms with E-state index < -0.39 is 0 Å². The van der Waals surface area contributed by atoms with Crippen LogP contribution in [0.5, 0.6) is 11.5 Å². The van der Waals surface area contributed by atoms with Crippen molar-refractivity contribution in [2.75, 3.05) is 24.7 Å².